The van der Waals surface area contributed by atoms with Gasteiger partial charge in [-0.2, -0.15) is 0 Å². The smallest absolute Gasteiger partial charge is 0.308 e. The highest BCUT2D eigenvalue weighted by Crippen LogP contribution is 2.28. The van der Waals surface area contributed by atoms with Crippen LogP contribution < -0.4 is 9.46 Å². The Morgan fingerprint density at radius 1 is 1.22 bits per heavy atom. The average molecular weight is 394 g/mol. The number of anilines is 1. The van der Waals surface area contributed by atoms with Crippen molar-refractivity contribution < 1.29 is 27.6 Å². The van der Waals surface area contributed by atoms with Gasteiger partial charge in [-0.1, -0.05) is 18.2 Å². The van der Waals surface area contributed by atoms with Gasteiger partial charge in [0.05, 0.1) is 35.6 Å². The minimum atomic E-state index is -4.08. The topological polar surface area (TPSA) is 125 Å². The molecule has 2 aromatic rings. The number of rotatable bonds is 8. The number of carbonyl (C=O) groups is 1. The highest BCUT2D eigenvalue weighted by molar-refractivity contribution is 7.92. The summed E-state index contributed by atoms with van der Waals surface area (Å²) in [5.74, 6) is -0.244. The monoisotopic (exact) mass is 394 g/mol. The SMILES string of the molecule is COC(=O)CCOc1ccccc1NS(=O)(=O)c1ccc(C)c([N+](=O)[O-])c1. The van der Waals surface area contributed by atoms with Gasteiger partial charge in [0, 0.05) is 11.6 Å². The molecule has 0 saturated heterocycles. The van der Waals surface area contributed by atoms with Crippen LogP contribution in [0, 0.1) is 17.0 Å². The Hall–Kier alpha value is -3.14. The zero-order chi connectivity index (χ0) is 20.0. The number of nitro benzene ring substituents is 1. The molecule has 0 unspecified atom stereocenters. The third kappa shape index (κ3) is 5.17. The number of nitro groups is 1. The van der Waals surface area contributed by atoms with Crippen LogP contribution in [0.4, 0.5) is 11.4 Å². The molecule has 2 aromatic carbocycles. The number of nitrogens with zero attached hydrogens (tertiary/aromatic N) is 1. The molecule has 0 bridgehead atoms. The maximum atomic E-state index is 12.6. The van der Waals surface area contributed by atoms with Crippen LogP contribution in [0.3, 0.4) is 0 Å². The minimum Gasteiger partial charge on any atom is -0.491 e. The first kappa shape index (κ1) is 20.2. The lowest BCUT2D eigenvalue weighted by atomic mass is 10.2. The van der Waals surface area contributed by atoms with Crippen molar-refractivity contribution in [3.63, 3.8) is 0 Å². The van der Waals surface area contributed by atoms with E-state index < -0.39 is 20.9 Å². The molecule has 0 spiro atoms. The maximum absolute atomic E-state index is 12.6. The van der Waals surface area contributed by atoms with Gasteiger partial charge < -0.3 is 9.47 Å². The van der Waals surface area contributed by atoms with Crippen LogP contribution in [0.1, 0.15) is 12.0 Å². The fraction of sp³-hybridized carbons (Fsp3) is 0.235. The van der Waals surface area contributed by atoms with Gasteiger partial charge in [-0.05, 0) is 25.1 Å². The predicted octanol–water partition coefficient (Wildman–Crippen LogP) is 2.65. The molecule has 9 nitrogen and oxygen atoms in total. The summed E-state index contributed by atoms with van der Waals surface area (Å²) in [6, 6.07) is 9.90. The van der Waals surface area contributed by atoms with Crippen molar-refractivity contribution in [1.82, 2.24) is 0 Å². The lowest BCUT2D eigenvalue weighted by Crippen LogP contribution is -2.15. The Balaban J connectivity index is 2.24. The number of aryl methyl sites for hydroxylation is 1. The van der Waals surface area contributed by atoms with Gasteiger partial charge in [-0.25, -0.2) is 8.42 Å². The van der Waals surface area contributed by atoms with Crippen LogP contribution in [0.2, 0.25) is 0 Å². The molecular weight excluding hydrogens is 376 g/mol. The summed E-state index contributed by atoms with van der Waals surface area (Å²) in [5.41, 5.74) is 0.205. The van der Waals surface area contributed by atoms with Gasteiger partial charge in [0.25, 0.3) is 15.7 Å². The maximum Gasteiger partial charge on any atom is 0.308 e. The largest absolute Gasteiger partial charge is 0.491 e. The number of ether oxygens (including phenoxy) is 2. The molecule has 0 aromatic heterocycles. The van der Waals surface area contributed by atoms with Gasteiger partial charge in [0.1, 0.15) is 5.75 Å². The van der Waals surface area contributed by atoms with E-state index in [4.69, 9.17) is 4.74 Å². The van der Waals surface area contributed by atoms with Gasteiger partial charge >= 0.3 is 5.97 Å². The molecular formula is C17H18N2O7S. The first-order valence-electron chi connectivity index (χ1n) is 7.81. The number of methoxy groups -OCH3 is 1. The van der Waals surface area contributed by atoms with Crippen molar-refractivity contribution in [3.05, 3.63) is 58.1 Å². The standard InChI is InChI=1S/C17H18N2O7S/c1-12-7-8-13(11-15(12)19(21)22)27(23,24)18-14-5-3-4-6-16(14)26-10-9-17(20)25-2/h3-8,11,18H,9-10H2,1-2H3. The summed E-state index contributed by atoms with van der Waals surface area (Å²) < 4.78 is 37.5. The summed E-state index contributed by atoms with van der Waals surface area (Å²) in [5, 5.41) is 11.0. The normalized spacial score (nSPS) is 10.9. The van der Waals surface area contributed by atoms with Crippen molar-refractivity contribution in [3.8, 4) is 5.75 Å². The molecule has 27 heavy (non-hydrogen) atoms. The lowest BCUT2D eigenvalue weighted by Gasteiger charge is -2.13. The Kier molecular flexibility index (Phi) is 6.35. The van der Waals surface area contributed by atoms with Crippen molar-refractivity contribution in [2.24, 2.45) is 0 Å². The molecule has 0 amide bonds. The Morgan fingerprint density at radius 2 is 1.93 bits per heavy atom. The number of esters is 1. The Labute approximate surface area is 156 Å². The highest BCUT2D eigenvalue weighted by Gasteiger charge is 2.21. The summed E-state index contributed by atoms with van der Waals surface area (Å²) in [6.45, 7) is 1.52. The van der Waals surface area contributed by atoms with Crippen LogP contribution in [-0.2, 0) is 19.6 Å². The first-order valence-corrected chi connectivity index (χ1v) is 9.29. The molecule has 0 fully saturated rings. The van der Waals surface area contributed by atoms with Crippen molar-refractivity contribution in [2.75, 3.05) is 18.4 Å². The molecule has 1 N–H and O–H groups in total. The molecule has 0 aliphatic heterocycles. The third-order valence-corrected chi connectivity index (χ3v) is 4.97. The number of benzene rings is 2. The van der Waals surface area contributed by atoms with E-state index in [-0.39, 0.29) is 35.0 Å². The summed E-state index contributed by atoms with van der Waals surface area (Å²) in [7, 11) is -2.83. The summed E-state index contributed by atoms with van der Waals surface area (Å²) in [4.78, 5) is 21.3. The van der Waals surface area contributed by atoms with Crippen molar-refractivity contribution >= 4 is 27.4 Å². The van der Waals surface area contributed by atoms with E-state index >= 15 is 0 Å². The lowest BCUT2D eigenvalue weighted by molar-refractivity contribution is -0.385. The first-order chi connectivity index (χ1) is 12.7. The zero-order valence-electron chi connectivity index (χ0n) is 14.7. The van der Waals surface area contributed by atoms with E-state index in [1.807, 2.05) is 0 Å². The van der Waals surface area contributed by atoms with E-state index in [1.54, 1.807) is 12.1 Å². The number of nitrogens with one attached hydrogen (secondary N) is 1. The van der Waals surface area contributed by atoms with Crippen LogP contribution in [0.5, 0.6) is 5.75 Å². The van der Waals surface area contributed by atoms with E-state index in [9.17, 15) is 23.3 Å². The molecule has 0 saturated carbocycles. The molecule has 2 rings (SSSR count). The van der Waals surface area contributed by atoms with Crippen LogP contribution >= 0.6 is 0 Å². The fourth-order valence-electron chi connectivity index (χ4n) is 2.18. The molecule has 10 heteroatoms. The summed E-state index contributed by atoms with van der Waals surface area (Å²) in [6.07, 6.45) is 0.00173. The number of hydrogen-bond acceptors (Lipinski definition) is 7. The fourth-order valence-corrected chi connectivity index (χ4v) is 3.27. The van der Waals surface area contributed by atoms with Gasteiger partial charge in [0.15, 0.2) is 0 Å². The van der Waals surface area contributed by atoms with E-state index in [1.165, 1.54) is 38.3 Å². The van der Waals surface area contributed by atoms with E-state index in [0.717, 1.165) is 6.07 Å². The van der Waals surface area contributed by atoms with Crippen LogP contribution in [0.15, 0.2) is 47.4 Å². The Bertz CT molecular complexity index is 958. The van der Waals surface area contributed by atoms with Crippen molar-refractivity contribution in [2.45, 2.75) is 18.2 Å². The van der Waals surface area contributed by atoms with Gasteiger partial charge in [-0.3, -0.25) is 19.6 Å². The van der Waals surface area contributed by atoms with E-state index in [0.29, 0.717) is 5.56 Å². The highest BCUT2D eigenvalue weighted by atomic mass is 32.2. The molecule has 0 atom stereocenters. The molecule has 144 valence electrons. The second kappa shape index (κ2) is 8.49. The van der Waals surface area contributed by atoms with E-state index in [2.05, 4.69) is 9.46 Å². The predicted molar refractivity (Wildman–Crippen MR) is 97.2 cm³/mol. The molecule has 0 aliphatic rings. The molecule has 0 heterocycles. The second-order valence-electron chi connectivity index (χ2n) is 5.48. The third-order valence-electron chi connectivity index (χ3n) is 3.61. The quantitative estimate of drug-likeness (QED) is 0.414. The summed E-state index contributed by atoms with van der Waals surface area (Å²) >= 11 is 0. The van der Waals surface area contributed by atoms with Gasteiger partial charge in [0.2, 0.25) is 0 Å². The zero-order valence-corrected chi connectivity index (χ0v) is 15.5. The Morgan fingerprint density at radius 3 is 2.59 bits per heavy atom. The average Bonchev–Trinajstić information content (AvgIpc) is 2.62. The number of hydrogen-bond donors (Lipinski definition) is 1. The minimum absolute atomic E-state index is 0.00141. The van der Waals surface area contributed by atoms with Crippen LogP contribution in [-0.4, -0.2) is 33.0 Å². The number of sulfonamides is 1. The van der Waals surface area contributed by atoms with Gasteiger partial charge in [-0.15, -0.1) is 0 Å². The molecule has 0 aliphatic carbocycles. The van der Waals surface area contributed by atoms with Crippen LogP contribution in [0.25, 0.3) is 0 Å². The van der Waals surface area contributed by atoms with Crippen molar-refractivity contribution in [1.29, 1.82) is 0 Å². The number of para-hydroxylation sites is 2. The number of carbonyl (C=O) groups excluding carboxylic acids is 1. The second-order valence-corrected chi connectivity index (χ2v) is 7.16. The molecule has 0 radical (unpaired) electrons.